The Hall–Kier alpha value is -6.00. The lowest BCUT2D eigenvalue weighted by Gasteiger charge is -2.13. The number of fused-ring (bicyclic) bond motifs is 5. The van der Waals surface area contributed by atoms with Gasteiger partial charge in [-0.25, -0.2) is 9.97 Å². The first-order valence-electron chi connectivity index (χ1n) is 15.2. The number of ether oxygens (including phenoxy) is 1. The van der Waals surface area contributed by atoms with Crippen LogP contribution in [0.2, 0.25) is 0 Å². The van der Waals surface area contributed by atoms with Gasteiger partial charge in [-0.05, 0) is 58.3 Å². The number of hydrogen-bond donors (Lipinski definition) is 1. The summed E-state index contributed by atoms with van der Waals surface area (Å²) < 4.78 is 4.92. The zero-order valence-corrected chi connectivity index (χ0v) is 24.4. The summed E-state index contributed by atoms with van der Waals surface area (Å²) in [6.07, 6.45) is -0.0658. The molecule has 1 aliphatic heterocycles. The number of benzene rings is 6. The number of anilines is 1. The summed E-state index contributed by atoms with van der Waals surface area (Å²) >= 11 is 0. The maximum absolute atomic E-state index is 5.26. The van der Waals surface area contributed by atoms with Gasteiger partial charge in [-0.15, -0.1) is 0 Å². The van der Waals surface area contributed by atoms with Gasteiger partial charge in [0.15, 0.2) is 0 Å². The van der Waals surface area contributed by atoms with Gasteiger partial charge in [-0.1, -0.05) is 109 Å². The third-order valence-corrected chi connectivity index (χ3v) is 8.77. The number of aromatic hydroxyl groups is 1. The van der Waals surface area contributed by atoms with Crippen molar-refractivity contribution in [1.29, 1.82) is 0 Å². The van der Waals surface area contributed by atoms with Crippen molar-refractivity contribution in [1.82, 2.24) is 9.97 Å². The standard InChI is InChI=1S/C41H27N3O/c1-3-9-26(10-4-1)35-22-17-27-15-16-28-18-23-36(43-40(28)39(27)42-35)34-21-20-31(32-13-7-8-14-33(32)34)30-19-24-38-37(25-30)44-41(45-38)29-11-5-2-6-12-29/h1-25,41,44H/p+1. The summed E-state index contributed by atoms with van der Waals surface area (Å²) in [4.78, 5) is 10.4. The maximum atomic E-state index is 5.26. The minimum atomic E-state index is -0.0658. The van der Waals surface area contributed by atoms with E-state index < -0.39 is 0 Å². The summed E-state index contributed by atoms with van der Waals surface area (Å²) in [7, 11) is 0. The number of nitrogens with one attached hydrogen (secondary N) is 1. The van der Waals surface area contributed by atoms with E-state index in [1.807, 2.05) is 24.3 Å². The summed E-state index contributed by atoms with van der Waals surface area (Å²) in [6.45, 7) is 0. The molecule has 2 aromatic heterocycles. The fourth-order valence-electron chi connectivity index (χ4n) is 6.51. The first kappa shape index (κ1) is 25.5. The largest absolute Gasteiger partial charge is 0.561 e. The van der Waals surface area contributed by atoms with Crippen LogP contribution >= 0.6 is 0 Å². The fourth-order valence-corrected chi connectivity index (χ4v) is 6.51. The van der Waals surface area contributed by atoms with Crippen LogP contribution in [0.1, 0.15) is 11.8 Å². The fraction of sp³-hybridized carbons (Fsp3) is 0.0244. The molecular weight excluding hydrogens is 550 g/mol. The summed E-state index contributed by atoms with van der Waals surface area (Å²) in [6, 6.07) is 53.0. The van der Waals surface area contributed by atoms with Crippen LogP contribution < -0.4 is 5.32 Å². The lowest BCUT2D eigenvalue weighted by atomic mass is 9.93. The SMILES string of the molecule is c1ccc(-c2ccc3ccc4ccc(-c5ccc(-c6ccc7c(c6)NC(c6ccccc6)[OH+]7)c6ccccc56)nc4c3n2)cc1. The first-order valence-corrected chi connectivity index (χ1v) is 15.2. The minimum absolute atomic E-state index is 0.0658. The van der Waals surface area contributed by atoms with Crippen molar-refractivity contribution in [2.24, 2.45) is 0 Å². The number of aliphatic hydroxyl groups is 1. The number of rotatable bonds is 4. The van der Waals surface area contributed by atoms with Crippen LogP contribution in [0.3, 0.4) is 0 Å². The molecule has 1 aliphatic rings. The Labute approximate surface area is 260 Å². The van der Waals surface area contributed by atoms with Crippen LogP contribution in [0.4, 0.5) is 5.69 Å². The van der Waals surface area contributed by atoms with Gasteiger partial charge in [0.05, 0.1) is 28.0 Å². The lowest BCUT2D eigenvalue weighted by molar-refractivity contribution is 0.0208. The van der Waals surface area contributed by atoms with E-state index in [2.05, 4.69) is 133 Å². The van der Waals surface area contributed by atoms with E-state index in [9.17, 15) is 0 Å². The molecule has 4 heteroatoms. The Bertz CT molecular complexity index is 2390. The van der Waals surface area contributed by atoms with Gasteiger partial charge in [0.2, 0.25) is 0 Å². The van der Waals surface area contributed by atoms with Gasteiger partial charge in [-0.2, -0.15) is 0 Å². The smallest absolute Gasteiger partial charge is 0.289 e. The number of nitrogens with zero attached hydrogens (tertiary/aromatic N) is 2. The molecule has 0 radical (unpaired) electrons. The molecule has 45 heavy (non-hydrogen) atoms. The second-order valence-electron chi connectivity index (χ2n) is 11.5. The Kier molecular flexibility index (Phi) is 5.85. The molecule has 1 unspecified atom stereocenters. The van der Waals surface area contributed by atoms with Crippen LogP contribution in [-0.4, -0.2) is 14.7 Å². The summed E-state index contributed by atoms with van der Waals surface area (Å²) in [5.41, 5.74) is 10.5. The van der Waals surface area contributed by atoms with Crippen molar-refractivity contribution in [3.05, 3.63) is 157 Å². The van der Waals surface area contributed by atoms with Crippen molar-refractivity contribution in [2.45, 2.75) is 6.23 Å². The van der Waals surface area contributed by atoms with E-state index in [4.69, 9.17) is 14.7 Å². The number of aromatic nitrogens is 2. The van der Waals surface area contributed by atoms with Gasteiger partial charge in [0, 0.05) is 28.0 Å². The van der Waals surface area contributed by atoms with Gasteiger partial charge >= 0.3 is 0 Å². The second-order valence-corrected chi connectivity index (χ2v) is 11.5. The molecule has 0 aliphatic carbocycles. The molecule has 0 amide bonds. The summed E-state index contributed by atoms with van der Waals surface area (Å²) in [5.74, 6) is 0.991. The molecule has 8 aromatic rings. The Morgan fingerprint density at radius 3 is 1.84 bits per heavy atom. The van der Waals surface area contributed by atoms with Crippen molar-refractivity contribution < 1.29 is 4.74 Å². The molecule has 0 spiro atoms. The summed E-state index contributed by atoms with van der Waals surface area (Å²) in [5, 5.41) is 8.13. The zero-order chi connectivity index (χ0) is 29.7. The van der Waals surface area contributed by atoms with Crippen molar-refractivity contribution in [2.75, 3.05) is 5.32 Å². The number of hydrogen-bond acceptors (Lipinski definition) is 3. The first-order chi connectivity index (χ1) is 22.3. The number of pyridine rings is 2. The Morgan fingerprint density at radius 2 is 1.09 bits per heavy atom. The van der Waals surface area contributed by atoms with Crippen molar-refractivity contribution >= 4 is 38.3 Å². The third kappa shape index (κ3) is 4.38. The van der Waals surface area contributed by atoms with E-state index in [1.54, 1.807) is 0 Å². The van der Waals surface area contributed by atoms with Crippen LogP contribution in [-0.2, 0) is 0 Å². The highest BCUT2D eigenvalue weighted by molar-refractivity contribution is 6.07. The van der Waals surface area contributed by atoms with Crippen LogP contribution in [0, 0.1) is 0 Å². The van der Waals surface area contributed by atoms with E-state index >= 15 is 0 Å². The molecule has 1 atom stereocenters. The average molecular weight is 579 g/mol. The Morgan fingerprint density at radius 1 is 0.489 bits per heavy atom. The molecule has 0 saturated heterocycles. The van der Waals surface area contributed by atoms with Crippen molar-refractivity contribution in [3.8, 4) is 39.4 Å². The van der Waals surface area contributed by atoms with Crippen LogP contribution in [0.25, 0.3) is 66.2 Å². The van der Waals surface area contributed by atoms with E-state index in [0.717, 1.165) is 66.9 Å². The molecule has 9 rings (SSSR count). The molecule has 0 saturated carbocycles. The molecular formula is C41H28N3O+. The monoisotopic (exact) mass is 578 g/mol. The highest BCUT2D eigenvalue weighted by Crippen LogP contribution is 2.43. The lowest BCUT2D eigenvalue weighted by Crippen LogP contribution is -2.07. The molecule has 2 N–H and O–H groups in total. The minimum Gasteiger partial charge on any atom is -0.561 e. The highest BCUT2D eigenvalue weighted by atomic mass is 16.5. The molecule has 0 bridgehead atoms. The van der Waals surface area contributed by atoms with Crippen LogP contribution in [0.15, 0.2) is 152 Å². The Balaban J connectivity index is 1.14. The molecule has 4 nitrogen and oxygen atoms in total. The quantitative estimate of drug-likeness (QED) is 0.128. The van der Waals surface area contributed by atoms with Gasteiger partial charge in [0.1, 0.15) is 5.69 Å². The molecule has 6 aromatic carbocycles. The highest BCUT2D eigenvalue weighted by Gasteiger charge is 2.29. The maximum Gasteiger partial charge on any atom is 0.289 e. The molecule has 212 valence electrons. The van der Waals surface area contributed by atoms with Gasteiger partial charge < -0.3 is 4.74 Å². The van der Waals surface area contributed by atoms with E-state index in [-0.39, 0.29) is 6.23 Å². The van der Waals surface area contributed by atoms with Crippen molar-refractivity contribution in [3.63, 3.8) is 0 Å². The van der Waals surface area contributed by atoms with E-state index in [1.165, 1.54) is 16.3 Å². The topological polar surface area (TPSA) is 50.6 Å². The second kappa shape index (κ2) is 10.3. The predicted octanol–water partition coefficient (Wildman–Crippen LogP) is 10.3. The van der Waals surface area contributed by atoms with E-state index in [0.29, 0.717) is 0 Å². The van der Waals surface area contributed by atoms with Crippen LogP contribution in [0.5, 0.6) is 5.75 Å². The normalized spacial score (nSPS) is 13.9. The predicted molar refractivity (Wildman–Crippen MR) is 185 cm³/mol. The molecule has 0 fully saturated rings. The molecule has 3 heterocycles. The van der Waals surface area contributed by atoms with Gasteiger partial charge in [0.25, 0.3) is 12.0 Å². The average Bonchev–Trinajstić information content (AvgIpc) is 3.55. The zero-order valence-electron chi connectivity index (χ0n) is 24.4. The van der Waals surface area contributed by atoms with Gasteiger partial charge in [-0.3, -0.25) is 5.32 Å². The third-order valence-electron chi connectivity index (χ3n) is 8.77.